The van der Waals surface area contributed by atoms with Gasteiger partial charge < -0.3 is 9.97 Å². The number of hydrogen-bond acceptors (Lipinski definition) is 0. The van der Waals surface area contributed by atoms with Gasteiger partial charge in [0.1, 0.15) is 0 Å². The first-order valence-electron chi connectivity index (χ1n) is 7.01. The van der Waals surface area contributed by atoms with Crippen LogP contribution in [-0.4, -0.2) is 9.97 Å². The Labute approximate surface area is 135 Å². The van der Waals surface area contributed by atoms with E-state index in [9.17, 15) is 0 Å². The fraction of sp³-hybridized carbons (Fsp3) is 0. The van der Waals surface area contributed by atoms with Crippen LogP contribution in [0.15, 0.2) is 48.5 Å². The zero-order valence-electron chi connectivity index (χ0n) is 11.4. The molecule has 0 spiro atoms. The molecule has 3 aromatic carbocycles. The molecular weight excluding hydrogens is 315 g/mol. The third kappa shape index (κ3) is 1.62. The highest BCUT2D eigenvalue weighted by Gasteiger charge is 2.10. The van der Waals surface area contributed by atoms with Crippen LogP contribution in [-0.2, 0) is 0 Å². The minimum atomic E-state index is 0.740. The van der Waals surface area contributed by atoms with Gasteiger partial charge in [-0.05, 0) is 36.4 Å². The fourth-order valence-electron chi connectivity index (χ4n) is 3.25. The predicted molar refractivity (Wildman–Crippen MR) is 95.2 cm³/mol. The normalized spacial score (nSPS) is 12.1. The van der Waals surface area contributed by atoms with Gasteiger partial charge in [0.05, 0.1) is 0 Å². The van der Waals surface area contributed by atoms with Crippen LogP contribution < -0.4 is 0 Å². The van der Waals surface area contributed by atoms with E-state index in [0.717, 1.165) is 32.1 Å². The topological polar surface area (TPSA) is 31.6 Å². The molecule has 5 rings (SSSR count). The smallest absolute Gasteiger partial charge is 0.0479 e. The van der Waals surface area contributed by atoms with Crippen molar-refractivity contribution in [3.05, 3.63) is 58.6 Å². The summed E-state index contributed by atoms with van der Waals surface area (Å²) >= 11 is 12.2. The maximum absolute atomic E-state index is 6.08. The van der Waals surface area contributed by atoms with E-state index in [1.54, 1.807) is 0 Å². The van der Waals surface area contributed by atoms with Crippen LogP contribution in [0.4, 0.5) is 0 Å². The molecule has 0 saturated heterocycles. The second-order valence-electron chi connectivity index (χ2n) is 5.57. The van der Waals surface area contributed by atoms with E-state index in [0.29, 0.717) is 0 Å². The molecule has 0 aliphatic carbocycles. The summed E-state index contributed by atoms with van der Waals surface area (Å²) in [5.74, 6) is 0. The number of fused-ring (bicyclic) bond motifs is 6. The van der Waals surface area contributed by atoms with Crippen LogP contribution >= 0.6 is 23.2 Å². The van der Waals surface area contributed by atoms with E-state index >= 15 is 0 Å². The van der Waals surface area contributed by atoms with Crippen molar-refractivity contribution in [2.75, 3.05) is 0 Å². The standard InChI is InChI=1S/C18H10Cl2N2/c19-9-1-3-11-13-7-18-14(8-17(13)21-15(11)5-9)12-4-2-10(20)6-16(12)22-18/h1-8,21-22H. The molecule has 22 heavy (non-hydrogen) atoms. The van der Waals surface area contributed by atoms with Gasteiger partial charge in [0.2, 0.25) is 0 Å². The van der Waals surface area contributed by atoms with E-state index in [1.807, 2.05) is 24.3 Å². The quantitative estimate of drug-likeness (QED) is 0.337. The molecule has 2 N–H and O–H groups in total. The fourth-order valence-corrected chi connectivity index (χ4v) is 3.60. The van der Waals surface area contributed by atoms with Crippen molar-refractivity contribution in [3.8, 4) is 0 Å². The minimum absolute atomic E-state index is 0.740. The molecule has 4 heteroatoms. The maximum Gasteiger partial charge on any atom is 0.0479 e. The Morgan fingerprint density at radius 1 is 0.500 bits per heavy atom. The lowest BCUT2D eigenvalue weighted by Gasteiger charge is -1.94. The lowest BCUT2D eigenvalue weighted by molar-refractivity contribution is 1.54. The van der Waals surface area contributed by atoms with Gasteiger partial charge in [-0.3, -0.25) is 0 Å². The number of halogens is 2. The summed E-state index contributed by atoms with van der Waals surface area (Å²) in [7, 11) is 0. The summed E-state index contributed by atoms with van der Waals surface area (Å²) in [6, 6.07) is 16.3. The zero-order valence-corrected chi connectivity index (χ0v) is 12.9. The lowest BCUT2D eigenvalue weighted by atomic mass is 10.1. The molecule has 2 nitrogen and oxygen atoms in total. The Morgan fingerprint density at radius 3 is 1.36 bits per heavy atom. The number of H-pyrrole nitrogens is 2. The molecule has 0 aliphatic heterocycles. The molecule has 0 bridgehead atoms. The highest BCUT2D eigenvalue weighted by molar-refractivity contribution is 6.32. The molecule has 0 saturated carbocycles. The Morgan fingerprint density at radius 2 is 0.909 bits per heavy atom. The van der Waals surface area contributed by atoms with Crippen molar-refractivity contribution in [2.45, 2.75) is 0 Å². The average molecular weight is 325 g/mol. The van der Waals surface area contributed by atoms with Gasteiger partial charge in [-0.2, -0.15) is 0 Å². The van der Waals surface area contributed by atoms with Crippen molar-refractivity contribution in [3.63, 3.8) is 0 Å². The van der Waals surface area contributed by atoms with E-state index < -0.39 is 0 Å². The second-order valence-corrected chi connectivity index (χ2v) is 6.45. The molecule has 0 unspecified atom stereocenters. The number of hydrogen-bond donors (Lipinski definition) is 2. The molecular formula is C18H10Cl2N2. The van der Waals surface area contributed by atoms with Crippen LogP contribution in [0.3, 0.4) is 0 Å². The van der Waals surface area contributed by atoms with Gasteiger partial charge in [-0.25, -0.2) is 0 Å². The number of aromatic amines is 2. The van der Waals surface area contributed by atoms with E-state index in [2.05, 4.69) is 34.2 Å². The largest absolute Gasteiger partial charge is 0.354 e. The molecule has 0 atom stereocenters. The molecule has 0 aliphatic rings. The Balaban J connectivity index is 1.97. The molecule has 106 valence electrons. The van der Waals surface area contributed by atoms with E-state index in [4.69, 9.17) is 23.2 Å². The molecule has 2 aromatic heterocycles. The first-order valence-corrected chi connectivity index (χ1v) is 7.76. The average Bonchev–Trinajstić information content (AvgIpc) is 3.00. The van der Waals surface area contributed by atoms with Crippen LogP contribution in [0.2, 0.25) is 10.0 Å². The summed E-state index contributed by atoms with van der Waals surface area (Å²) in [4.78, 5) is 6.90. The summed E-state index contributed by atoms with van der Waals surface area (Å²) in [6.07, 6.45) is 0. The Hall–Kier alpha value is -2.16. The Bertz CT molecular complexity index is 1100. The second kappa shape index (κ2) is 4.19. The summed E-state index contributed by atoms with van der Waals surface area (Å²) in [5.41, 5.74) is 4.34. The SMILES string of the molecule is Clc1ccc2c(c1)[nH]c1cc3c(cc12)[nH]c1cc(Cl)ccc13. The highest BCUT2D eigenvalue weighted by atomic mass is 35.5. The minimum Gasteiger partial charge on any atom is -0.354 e. The van der Waals surface area contributed by atoms with Crippen LogP contribution in [0.1, 0.15) is 0 Å². The molecule has 5 aromatic rings. The third-order valence-corrected chi connectivity index (χ3v) is 4.71. The first-order chi connectivity index (χ1) is 10.7. The van der Waals surface area contributed by atoms with Crippen LogP contribution in [0.5, 0.6) is 0 Å². The van der Waals surface area contributed by atoms with Crippen molar-refractivity contribution in [1.82, 2.24) is 9.97 Å². The van der Waals surface area contributed by atoms with Crippen LogP contribution in [0, 0.1) is 0 Å². The van der Waals surface area contributed by atoms with Crippen molar-refractivity contribution in [1.29, 1.82) is 0 Å². The van der Waals surface area contributed by atoms with Gasteiger partial charge in [-0.15, -0.1) is 0 Å². The summed E-state index contributed by atoms with van der Waals surface area (Å²) in [6.45, 7) is 0. The third-order valence-electron chi connectivity index (χ3n) is 4.24. The lowest BCUT2D eigenvalue weighted by Crippen LogP contribution is -1.70. The van der Waals surface area contributed by atoms with Gasteiger partial charge >= 0.3 is 0 Å². The highest BCUT2D eigenvalue weighted by Crippen LogP contribution is 2.34. The van der Waals surface area contributed by atoms with E-state index in [-0.39, 0.29) is 0 Å². The maximum atomic E-state index is 6.08. The predicted octanol–water partition coefficient (Wildman–Crippen LogP) is 6.26. The van der Waals surface area contributed by atoms with Crippen LogP contribution in [0.25, 0.3) is 43.6 Å². The first kappa shape index (κ1) is 12.4. The van der Waals surface area contributed by atoms with Crippen molar-refractivity contribution in [2.24, 2.45) is 0 Å². The zero-order chi connectivity index (χ0) is 14.8. The molecule has 0 fully saturated rings. The van der Waals surface area contributed by atoms with Gasteiger partial charge in [-0.1, -0.05) is 35.3 Å². The van der Waals surface area contributed by atoms with Gasteiger partial charge in [0, 0.05) is 53.7 Å². The summed E-state index contributed by atoms with van der Waals surface area (Å²) in [5, 5.41) is 6.22. The van der Waals surface area contributed by atoms with Crippen molar-refractivity contribution < 1.29 is 0 Å². The number of rotatable bonds is 0. The van der Waals surface area contributed by atoms with E-state index in [1.165, 1.54) is 21.5 Å². The Kier molecular flexibility index (Phi) is 2.36. The number of benzene rings is 3. The number of nitrogens with one attached hydrogen (secondary N) is 2. The van der Waals surface area contributed by atoms with Gasteiger partial charge in [0.15, 0.2) is 0 Å². The molecule has 0 radical (unpaired) electrons. The molecule has 0 amide bonds. The van der Waals surface area contributed by atoms with Crippen molar-refractivity contribution >= 4 is 66.8 Å². The monoisotopic (exact) mass is 324 g/mol. The van der Waals surface area contributed by atoms with Gasteiger partial charge in [0.25, 0.3) is 0 Å². The summed E-state index contributed by atoms with van der Waals surface area (Å²) < 4.78 is 0. The number of aromatic nitrogens is 2. The molecule has 2 heterocycles.